The highest BCUT2D eigenvalue weighted by Gasteiger charge is 2.24. The number of fused-ring (bicyclic) bond motifs is 1. The minimum Gasteiger partial charge on any atom is -0.493 e. The zero-order chi connectivity index (χ0) is 14.3. The summed E-state index contributed by atoms with van der Waals surface area (Å²) < 4.78 is 6.70. The largest absolute Gasteiger partial charge is 0.493 e. The summed E-state index contributed by atoms with van der Waals surface area (Å²) in [4.78, 5) is 0. The van der Waals surface area contributed by atoms with Crippen LogP contribution in [0.4, 0.5) is 0 Å². The first-order chi connectivity index (χ1) is 9.56. The van der Waals surface area contributed by atoms with Crippen LogP contribution in [0.5, 0.6) is 5.75 Å². The predicted octanol–water partition coefficient (Wildman–Crippen LogP) is 6.02. The maximum absolute atomic E-state index is 6.62. The molecule has 0 saturated heterocycles. The molecule has 2 aromatic carbocycles. The van der Waals surface area contributed by atoms with Crippen LogP contribution in [0.25, 0.3) is 0 Å². The molecule has 0 aromatic heterocycles. The highest BCUT2D eigenvalue weighted by Crippen LogP contribution is 2.43. The molecule has 1 aliphatic rings. The van der Waals surface area contributed by atoms with E-state index in [-0.39, 0.29) is 0 Å². The smallest absolute Gasteiger partial charge is 0.127 e. The quantitative estimate of drug-likeness (QED) is 0.568. The van der Waals surface area contributed by atoms with E-state index in [1.807, 2.05) is 6.07 Å². The number of hydrogen-bond acceptors (Lipinski definition) is 1. The van der Waals surface area contributed by atoms with Crippen molar-refractivity contribution in [2.75, 3.05) is 6.61 Å². The predicted molar refractivity (Wildman–Crippen MR) is 87.5 cm³/mol. The number of ether oxygens (including phenoxy) is 1. The van der Waals surface area contributed by atoms with E-state index >= 15 is 0 Å². The Morgan fingerprint density at radius 2 is 1.90 bits per heavy atom. The van der Waals surface area contributed by atoms with Gasteiger partial charge in [0.2, 0.25) is 0 Å². The van der Waals surface area contributed by atoms with E-state index in [0.717, 1.165) is 33.3 Å². The van der Waals surface area contributed by atoms with Crippen LogP contribution in [0.2, 0.25) is 10.0 Å². The van der Waals surface area contributed by atoms with Gasteiger partial charge in [-0.25, -0.2) is 0 Å². The molecule has 0 N–H and O–H groups in total. The van der Waals surface area contributed by atoms with Gasteiger partial charge in [0.25, 0.3) is 0 Å². The first-order valence-corrected chi connectivity index (χ1v) is 8.09. The van der Waals surface area contributed by atoms with Crippen LogP contribution < -0.4 is 4.74 Å². The van der Waals surface area contributed by atoms with E-state index in [4.69, 9.17) is 39.5 Å². The van der Waals surface area contributed by atoms with Crippen molar-refractivity contribution in [3.63, 3.8) is 0 Å². The summed E-state index contributed by atoms with van der Waals surface area (Å²) in [5.74, 6) is 0.865. The summed E-state index contributed by atoms with van der Waals surface area (Å²) >= 11 is 22.4. The highest BCUT2D eigenvalue weighted by atomic mass is 79.9. The first kappa shape index (κ1) is 14.5. The third kappa shape index (κ3) is 2.67. The number of rotatable bonds is 2. The molecule has 5 heteroatoms. The lowest BCUT2D eigenvalue weighted by Gasteiger charge is -2.16. The van der Waals surface area contributed by atoms with Crippen LogP contribution >= 0.6 is 50.7 Å². The number of halogens is 4. The van der Waals surface area contributed by atoms with E-state index in [9.17, 15) is 0 Å². The summed E-state index contributed by atoms with van der Waals surface area (Å²) in [6.45, 7) is 0.686. The fourth-order valence-corrected chi connectivity index (χ4v) is 3.69. The molecule has 1 aliphatic heterocycles. The van der Waals surface area contributed by atoms with Crippen LogP contribution in [0, 0.1) is 0 Å². The summed E-state index contributed by atoms with van der Waals surface area (Å²) in [5, 5.41) is 0.814. The second kappa shape index (κ2) is 5.76. The summed E-state index contributed by atoms with van der Waals surface area (Å²) in [7, 11) is 0. The SMILES string of the molecule is Clc1ccc(Cl)c(C(Cl)c2cc(Br)cc3c2OCC3)c1. The monoisotopic (exact) mass is 390 g/mol. The summed E-state index contributed by atoms with van der Waals surface area (Å²) in [6.07, 6.45) is 0.897. The molecule has 1 heterocycles. The van der Waals surface area contributed by atoms with Gasteiger partial charge in [-0.15, -0.1) is 11.6 Å². The van der Waals surface area contributed by atoms with Gasteiger partial charge in [-0.3, -0.25) is 0 Å². The molecule has 0 radical (unpaired) electrons. The van der Waals surface area contributed by atoms with Crippen LogP contribution in [-0.4, -0.2) is 6.61 Å². The normalized spacial score (nSPS) is 14.8. The summed E-state index contributed by atoms with van der Waals surface area (Å²) in [5.41, 5.74) is 2.87. The molecule has 20 heavy (non-hydrogen) atoms. The molecule has 0 fully saturated rings. The maximum Gasteiger partial charge on any atom is 0.127 e. The van der Waals surface area contributed by atoms with Gasteiger partial charge < -0.3 is 4.74 Å². The number of hydrogen-bond donors (Lipinski definition) is 0. The minimum atomic E-state index is -0.398. The van der Waals surface area contributed by atoms with E-state index < -0.39 is 5.38 Å². The molecule has 0 amide bonds. The van der Waals surface area contributed by atoms with E-state index in [0.29, 0.717) is 16.7 Å². The lowest BCUT2D eigenvalue weighted by Crippen LogP contribution is -1.98. The average Bonchev–Trinajstić information content (AvgIpc) is 2.87. The minimum absolute atomic E-state index is 0.398. The Hall–Kier alpha value is -0.410. The Bertz CT molecular complexity index is 672. The van der Waals surface area contributed by atoms with Crippen molar-refractivity contribution in [3.8, 4) is 5.75 Å². The summed E-state index contributed by atoms with van der Waals surface area (Å²) in [6, 6.07) is 9.34. The highest BCUT2D eigenvalue weighted by molar-refractivity contribution is 9.10. The van der Waals surface area contributed by atoms with Crippen LogP contribution in [0.15, 0.2) is 34.8 Å². The molecule has 1 nitrogen and oxygen atoms in total. The van der Waals surface area contributed by atoms with Gasteiger partial charge in [0, 0.05) is 26.5 Å². The van der Waals surface area contributed by atoms with Crippen molar-refractivity contribution < 1.29 is 4.74 Å². The van der Waals surface area contributed by atoms with Gasteiger partial charge >= 0.3 is 0 Å². The second-order valence-corrected chi connectivity index (χ2v) is 6.81. The van der Waals surface area contributed by atoms with Crippen molar-refractivity contribution >= 4 is 50.7 Å². The topological polar surface area (TPSA) is 9.23 Å². The molecule has 104 valence electrons. The zero-order valence-corrected chi connectivity index (χ0v) is 14.2. The van der Waals surface area contributed by atoms with Crippen molar-refractivity contribution in [1.82, 2.24) is 0 Å². The van der Waals surface area contributed by atoms with Gasteiger partial charge in [0.1, 0.15) is 5.75 Å². The molecule has 1 atom stereocenters. The Balaban J connectivity index is 2.11. The maximum atomic E-state index is 6.62. The van der Waals surface area contributed by atoms with Gasteiger partial charge in [-0.2, -0.15) is 0 Å². The van der Waals surface area contributed by atoms with Crippen LogP contribution in [0.3, 0.4) is 0 Å². The van der Waals surface area contributed by atoms with E-state index in [1.54, 1.807) is 18.2 Å². The lowest BCUT2D eigenvalue weighted by molar-refractivity contribution is 0.353. The van der Waals surface area contributed by atoms with Crippen molar-refractivity contribution in [3.05, 3.63) is 61.5 Å². The Morgan fingerprint density at radius 1 is 1.10 bits per heavy atom. The van der Waals surface area contributed by atoms with Gasteiger partial charge in [0.15, 0.2) is 0 Å². The lowest BCUT2D eigenvalue weighted by atomic mass is 10.0. The van der Waals surface area contributed by atoms with Crippen molar-refractivity contribution in [2.24, 2.45) is 0 Å². The van der Waals surface area contributed by atoms with Crippen LogP contribution in [0.1, 0.15) is 22.1 Å². The fraction of sp³-hybridized carbons (Fsp3) is 0.200. The van der Waals surface area contributed by atoms with Crippen molar-refractivity contribution in [1.29, 1.82) is 0 Å². The zero-order valence-electron chi connectivity index (χ0n) is 10.3. The average molecular weight is 393 g/mol. The molecule has 0 spiro atoms. The molecule has 0 aliphatic carbocycles. The van der Waals surface area contributed by atoms with E-state index in [1.165, 1.54) is 0 Å². The molecule has 3 rings (SSSR count). The fourth-order valence-electron chi connectivity index (χ4n) is 2.36. The third-order valence-electron chi connectivity index (χ3n) is 3.28. The molecule has 1 unspecified atom stereocenters. The van der Waals surface area contributed by atoms with Crippen molar-refractivity contribution in [2.45, 2.75) is 11.8 Å². The molecular weight excluding hydrogens is 382 g/mol. The number of benzene rings is 2. The van der Waals surface area contributed by atoms with Gasteiger partial charge in [0.05, 0.1) is 12.0 Å². The Kier molecular flexibility index (Phi) is 4.19. The van der Waals surface area contributed by atoms with Gasteiger partial charge in [-0.1, -0.05) is 39.1 Å². The number of alkyl halides is 1. The molecular formula is C15H10BrCl3O. The van der Waals surface area contributed by atoms with Crippen LogP contribution in [-0.2, 0) is 6.42 Å². The molecule has 0 saturated carbocycles. The Labute approximate surface area is 140 Å². The third-order valence-corrected chi connectivity index (χ3v) is 4.79. The molecule has 2 aromatic rings. The second-order valence-electron chi connectivity index (χ2n) is 4.61. The standard InChI is InChI=1S/C15H10BrCl3O/c16-9-5-8-3-4-20-15(8)12(6-9)14(19)11-7-10(17)1-2-13(11)18/h1-2,5-7,14H,3-4H2. The van der Waals surface area contributed by atoms with E-state index in [2.05, 4.69) is 22.0 Å². The molecule has 0 bridgehead atoms. The van der Waals surface area contributed by atoms with Gasteiger partial charge in [-0.05, 0) is 41.5 Å². The Morgan fingerprint density at radius 3 is 2.70 bits per heavy atom. The first-order valence-electron chi connectivity index (χ1n) is 6.10.